The molecule has 1 rings (SSSR count). The fourth-order valence-corrected chi connectivity index (χ4v) is 1.34. The van der Waals surface area contributed by atoms with Gasteiger partial charge in [0.1, 0.15) is 6.61 Å². The molecule has 1 heterocycles. The first-order chi connectivity index (χ1) is 6.41. The van der Waals surface area contributed by atoms with Crippen LogP contribution in [0.3, 0.4) is 0 Å². The van der Waals surface area contributed by atoms with Gasteiger partial charge in [0.05, 0.1) is 0 Å². The highest BCUT2D eigenvalue weighted by molar-refractivity contribution is 6.52. The molecule has 0 aromatic heterocycles. The molecule has 0 amide bonds. The topological polar surface area (TPSA) is 18.5 Å². The Bertz CT molecular complexity index is 268. The highest BCUT2D eigenvalue weighted by Crippen LogP contribution is 2.53. The number of hydrogen-bond donors (Lipinski definition) is 0. The monoisotopic (exact) mass is 310 g/mol. The minimum Gasteiger partial charge on any atom is -0.325 e. The summed E-state index contributed by atoms with van der Waals surface area (Å²) in [6.07, 6.45) is -5.14. The van der Waals surface area contributed by atoms with Gasteiger partial charge in [-0.3, -0.25) is 4.74 Å². The summed E-state index contributed by atoms with van der Waals surface area (Å²) < 4.78 is 54.8. The Labute approximate surface area is 101 Å². The molecule has 0 radical (unpaired) electrons. The minimum atomic E-state index is -5.14. The summed E-state index contributed by atoms with van der Waals surface area (Å²) in [5.74, 6) is 0. The quantitative estimate of drug-likeness (QED) is 0.503. The Morgan fingerprint density at radius 1 is 1.07 bits per heavy atom. The molecular weight excluding hydrogens is 310 g/mol. The Kier molecular flexibility index (Phi) is 3.37. The minimum absolute atomic E-state index is 1.27. The van der Waals surface area contributed by atoms with Crippen molar-refractivity contribution in [3.05, 3.63) is 0 Å². The number of halogens is 8. The van der Waals surface area contributed by atoms with Crippen LogP contribution in [0.1, 0.15) is 0 Å². The van der Waals surface area contributed by atoms with Crippen molar-refractivity contribution in [1.82, 2.24) is 0 Å². The van der Waals surface area contributed by atoms with E-state index < -0.39 is 27.7 Å². The molecule has 90 valence electrons. The van der Waals surface area contributed by atoms with Gasteiger partial charge in [0, 0.05) is 0 Å². The largest absolute Gasteiger partial charge is 0.460 e. The van der Waals surface area contributed by atoms with Gasteiger partial charge in [-0.05, 0) is 11.6 Å². The predicted molar refractivity (Wildman–Crippen MR) is 45.8 cm³/mol. The molecule has 0 spiro atoms. The van der Waals surface area contributed by atoms with Crippen molar-refractivity contribution in [3.8, 4) is 0 Å². The van der Waals surface area contributed by atoms with E-state index in [1.165, 1.54) is 0 Å². The molecule has 0 N–H and O–H groups in total. The van der Waals surface area contributed by atoms with E-state index in [0.717, 1.165) is 0 Å². The lowest BCUT2D eigenvalue weighted by atomic mass is 10.3. The maximum absolute atomic E-state index is 13.2. The third kappa shape index (κ3) is 2.40. The van der Waals surface area contributed by atoms with E-state index in [1.54, 1.807) is 0 Å². The van der Waals surface area contributed by atoms with E-state index >= 15 is 0 Å². The summed E-state index contributed by atoms with van der Waals surface area (Å²) in [6, 6.07) is 0. The molecular formula is C5H2Cl4F4O2. The second kappa shape index (κ2) is 3.65. The summed E-state index contributed by atoms with van der Waals surface area (Å²) >= 11 is 20.2. The van der Waals surface area contributed by atoms with E-state index in [-0.39, 0.29) is 0 Å². The number of hydrogen-bond acceptors (Lipinski definition) is 2. The van der Waals surface area contributed by atoms with E-state index in [4.69, 9.17) is 46.4 Å². The molecule has 1 aliphatic rings. The van der Waals surface area contributed by atoms with Gasteiger partial charge >= 0.3 is 11.4 Å². The predicted octanol–water partition coefficient (Wildman–Crippen LogP) is 3.52. The van der Waals surface area contributed by atoms with Gasteiger partial charge < -0.3 is 4.74 Å². The molecule has 2 nitrogen and oxygen atoms in total. The van der Waals surface area contributed by atoms with Crippen LogP contribution < -0.4 is 0 Å². The number of alkyl halides is 8. The average molecular weight is 312 g/mol. The molecule has 0 aromatic carbocycles. The zero-order valence-electron chi connectivity index (χ0n) is 6.55. The second-order valence-electron chi connectivity index (χ2n) is 2.65. The maximum atomic E-state index is 13.2. The van der Waals surface area contributed by atoms with Gasteiger partial charge in [-0.2, -0.15) is 13.2 Å². The van der Waals surface area contributed by atoms with Crippen LogP contribution in [0, 0.1) is 0 Å². The van der Waals surface area contributed by atoms with E-state index in [9.17, 15) is 17.6 Å². The summed E-state index contributed by atoms with van der Waals surface area (Å²) in [6.45, 7) is -1.27. The van der Waals surface area contributed by atoms with Crippen LogP contribution in [-0.2, 0) is 9.47 Å². The summed E-state index contributed by atoms with van der Waals surface area (Å²) in [5, 5.41) is -6.64. The molecule has 1 fully saturated rings. The summed E-state index contributed by atoms with van der Waals surface area (Å²) in [5.41, 5.74) is 0. The van der Waals surface area contributed by atoms with Crippen molar-refractivity contribution in [3.63, 3.8) is 0 Å². The van der Waals surface area contributed by atoms with Crippen LogP contribution in [0.4, 0.5) is 17.6 Å². The number of ether oxygens (including phenoxy) is 2. The first-order valence-electron chi connectivity index (χ1n) is 3.27. The Morgan fingerprint density at radius 3 is 1.87 bits per heavy atom. The molecule has 1 aliphatic heterocycles. The van der Waals surface area contributed by atoms with Gasteiger partial charge in [0.2, 0.25) is 0 Å². The van der Waals surface area contributed by atoms with Crippen LogP contribution in [0.2, 0.25) is 0 Å². The summed E-state index contributed by atoms with van der Waals surface area (Å²) in [4.78, 5) is 0. The normalized spacial score (nSPS) is 41.6. The van der Waals surface area contributed by atoms with Gasteiger partial charge in [0.15, 0.2) is 0 Å². The standard InChI is InChI=1S/C5H2Cl4F4O2/c6-2(10)1-14-4(9,5(11,12)13)15-3(2,7)8/h1H2. The summed E-state index contributed by atoms with van der Waals surface area (Å²) in [7, 11) is 0. The Morgan fingerprint density at radius 2 is 1.53 bits per heavy atom. The van der Waals surface area contributed by atoms with Crippen molar-refractivity contribution in [1.29, 1.82) is 0 Å². The highest BCUT2D eigenvalue weighted by atomic mass is 35.5. The van der Waals surface area contributed by atoms with Crippen molar-refractivity contribution in [2.45, 2.75) is 21.1 Å². The van der Waals surface area contributed by atoms with E-state index in [1.807, 2.05) is 0 Å². The lowest BCUT2D eigenvalue weighted by molar-refractivity contribution is -0.379. The van der Waals surface area contributed by atoms with Gasteiger partial charge in [-0.15, -0.1) is 0 Å². The fraction of sp³-hybridized carbons (Fsp3) is 1.00. The molecule has 2 unspecified atom stereocenters. The average Bonchev–Trinajstić information content (AvgIpc) is 1.95. The van der Waals surface area contributed by atoms with Crippen LogP contribution in [-0.4, -0.2) is 27.7 Å². The zero-order chi connectivity index (χ0) is 12.1. The first-order valence-corrected chi connectivity index (χ1v) is 4.78. The molecule has 10 heteroatoms. The van der Waals surface area contributed by atoms with Crippen molar-refractivity contribution >= 4 is 46.4 Å². The molecule has 15 heavy (non-hydrogen) atoms. The van der Waals surface area contributed by atoms with Crippen molar-refractivity contribution in [2.75, 3.05) is 6.61 Å². The van der Waals surface area contributed by atoms with Gasteiger partial charge in [-0.1, -0.05) is 34.8 Å². The van der Waals surface area contributed by atoms with Gasteiger partial charge in [0.25, 0.3) is 9.65 Å². The van der Waals surface area contributed by atoms with Crippen LogP contribution in [0.5, 0.6) is 0 Å². The molecule has 2 atom stereocenters. The van der Waals surface area contributed by atoms with Crippen LogP contribution >= 0.6 is 46.4 Å². The van der Waals surface area contributed by atoms with Crippen LogP contribution in [0.15, 0.2) is 0 Å². The Balaban J connectivity index is 2.97. The van der Waals surface area contributed by atoms with Gasteiger partial charge in [-0.25, -0.2) is 4.39 Å². The zero-order valence-corrected chi connectivity index (χ0v) is 9.57. The Hall–Kier alpha value is 0.800. The smallest absolute Gasteiger partial charge is 0.325 e. The van der Waals surface area contributed by atoms with Crippen molar-refractivity contribution < 1.29 is 27.0 Å². The molecule has 0 bridgehead atoms. The first kappa shape index (κ1) is 13.9. The molecule has 1 saturated heterocycles. The number of rotatable bonds is 0. The van der Waals surface area contributed by atoms with Crippen molar-refractivity contribution in [2.24, 2.45) is 0 Å². The van der Waals surface area contributed by atoms with E-state index in [2.05, 4.69) is 9.47 Å². The SMILES string of the molecule is FC(F)(F)C1(Cl)OCC(F)(Cl)C(Cl)(Cl)O1. The third-order valence-electron chi connectivity index (χ3n) is 1.46. The molecule has 0 aromatic rings. The fourth-order valence-electron chi connectivity index (χ4n) is 0.676. The lowest BCUT2D eigenvalue weighted by Gasteiger charge is -2.43. The molecule has 0 aliphatic carbocycles. The van der Waals surface area contributed by atoms with E-state index in [0.29, 0.717) is 0 Å². The maximum Gasteiger partial charge on any atom is 0.460 e. The third-order valence-corrected chi connectivity index (χ3v) is 3.19. The highest BCUT2D eigenvalue weighted by Gasteiger charge is 2.69. The van der Waals surface area contributed by atoms with Crippen LogP contribution in [0.25, 0.3) is 0 Å². The second-order valence-corrected chi connectivity index (χ2v) is 5.00. The lowest BCUT2D eigenvalue weighted by Crippen LogP contribution is -2.60. The molecule has 0 saturated carbocycles.